The molecule has 5 heteroatoms. The van der Waals surface area contributed by atoms with Gasteiger partial charge in [-0.2, -0.15) is 0 Å². The summed E-state index contributed by atoms with van der Waals surface area (Å²) in [4.78, 5) is 17.7. The average molecular weight is 336 g/mol. The van der Waals surface area contributed by atoms with Crippen LogP contribution in [0.4, 0.5) is 0 Å². The van der Waals surface area contributed by atoms with E-state index in [0.29, 0.717) is 12.3 Å². The molecule has 1 aromatic heterocycles. The summed E-state index contributed by atoms with van der Waals surface area (Å²) >= 11 is 0. The van der Waals surface area contributed by atoms with Crippen LogP contribution in [-0.2, 0) is 13.1 Å². The first-order valence-electron chi connectivity index (χ1n) is 7.99. The Bertz CT molecular complexity index is 903. The van der Waals surface area contributed by atoms with Crippen molar-refractivity contribution in [2.45, 2.75) is 13.1 Å². The van der Waals surface area contributed by atoms with Crippen molar-refractivity contribution in [1.29, 1.82) is 0 Å². The number of carbonyl (C=O) groups is 1. The van der Waals surface area contributed by atoms with Crippen molar-refractivity contribution in [2.75, 3.05) is 14.2 Å². The lowest BCUT2D eigenvalue weighted by Crippen LogP contribution is -2.17. The summed E-state index contributed by atoms with van der Waals surface area (Å²) in [5, 5.41) is 11.6. The molecular formula is C20H20N2O3. The molecule has 0 atom stereocenters. The SMILES string of the molecule is COc1ccc(CN(C)Cc2cccc3cnccc23)cc1C(=O)O. The Balaban J connectivity index is 1.79. The number of benzene rings is 2. The van der Waals surface area contributed by atoms with Gasteiger partial charge in [-0.05, 0) is 41.8 Å². The molecule has 0 aliphatic rings. The van der Waals surface area contributed by atoms with Crippen molar-refractivity contribution >= 4 is 16.7 Å². The van der Waals surface area contributed by atoms with E-state index in [1.165, 1.54) is 18.1 Å². The molecule has 0 saturated carbocycles. The number of rotatable bonds is 6. The third-order valence-corrected chi connectivity index (χ3v) is 4.16. The quantitative estimate of drug-likeness (QED) is 0.745. The van der Waals surface area contributed by atoms with E-state index in [2.05, 4.69) is 22.0 Å². The van der Waals surface area contributed by atoms with Gasteiger partial charge in [0.15, 0.2) is 0 Å². The highest BCUT2D eigenvalue weighted by molar-refractivity contribution is 5.91. The van der Waals surface area contributed by atoms with Gasteiger partial charge in [0.2, 0.25) is 0 Å². The Morgan fingerprint density at radius 1 is 1.20 bits per heavy atom. The fourth-order valence-corrected chi connectivity index (χ4v) is 3.01. The Kier molecular flexibility index (Phi) is 4.95. The summed E-state index contributed by atoms with van der Waals surface area (Å²) < 4.78 is 5.11. The molecule has 5 nitrogen and oxygen atoms in total. The van der Waals surface area contributed by atoms with Crippen LogP contribution in [0.5, 0.6) is 5.75 Å². The Morgan fingerprint density at radius 2 is 2.04 bits per heavy atom. The normalized spacial score (nSPS) is 11.0. The largest absolute Gasteiger partial charge is 0.496 e. The van der Waals surface area contributed by atoms with Crippen LogP contribution in [0.25, 0.3) is 10.8 Å². The third-order valence-electron chi connectivity index (χ3n) is 4.16. The van der Waals surface area contributed by atoms with E-state index in [4.69, 9.17) is 4.74 Å². The van der Waals surface area contributed by atoms with Crippen LogP contribution < -0.4 is 4.74 Å². The lowest BCUT2D eigenvalue weighted by molar-refractivity contribution is 0.0693. The highest BCUT2D eigenvalue weighted by Gasteiger charge is 2.13. The Labute approximate surface area is 146 Å². The van der Waals surface area contributed by atoms with Crippen LogP contribution in [0.15, 0.2) is 54.9 Å². The first-order chi connectivity index (χ1) is 12.1. The number of carboxylic acids is 1. The van der Waals surface area contributed by atoms with E-state index in [1.807, 2.05) is 31.4 Å². The van der Waals surface area contributed by atoms with Crippen LogP contribution >= 0.6 is 0 Å². The van der Waals surface area contributed by atoms with Crippen molar-refractivity contribution in [1.82, 2.24) is 9.88 Å². The molecule has 0 aliphatic carbocycles. The topological polar surface area (TPSA) is 62.7 Å². The fourth-order valence-electron chi connectivity index (χ4n) is 3.01. The molecule has 0 spiro atoms. The van der Waals surface area contributed by atoms with Crippen LogP contribution in [0.1, 0.15) is 21.5 Å². The van der Waals surface area contributed by atoms with E-state index in [-0.39, 0.29) is 5.56 Å². The highest BCUT2D eigenvalue weighted by Crippen LogP contribution is 2.22. The number of carboxylic acid groups (broad SMARTS) is 1. The standard InChI is InChI=1S/C20H20N2O3/c1-22(12-14-6-7-19(25-2)18(10-14)20(23)24)13-16-5-3-4-15-11-21-9-8-17(15)16/h3-11H,12-13H2,1-2H3,(H,23,24). The van der Waals surface area contributed by atoms with Crippen LogP contribution in [0.3, 0.4) is 0 Å². The minimum Gasteiger partial charge on any atom is -0.496 e. The van der Waals surface area contributed by atoms with Gasteiger partial charge < -0.3 is 9.84 Å². The second-order valence-electron chi connectivity index (χ2n) is 6.03. The second-order valence-corrected chi connectivity index (χ2v) is 6.03. The van der Waals surface area contributed by atoms with Gasteiger partial charge in [0, 0.05) is 30.9 Å². The van der Waals surface area contributed by atoms with Crippen molar-refractivity contribution in [2.24, 2.45) is 0 Å². The van der Waals surface area contributed by atoms with Crippen molar-refractivity contribution < 1.29 is 14.6 Å². The van der Waals surface area contributed by atoms with Gasteiger partial charge in [-0.25, -0.2) is 4.79 Å². The van der Waals surface area contributed by atoms with Crippen LogP contribution in [-0.4, -0.2) is 35.1 Å². The number of hydrogen-bond donors (Lipinski definition) is 1. The summed E-state index contributed by atoms with van der Waals surface area (Å²) in [6.07, 6.45) is 3.66. The fraction of sp³-hybridized carbons (Fsp3) is 0.200. The summed E-state index contributed by atoms with van der Waals surface area (Å²) in [6.45, 7) is 1.40. The number of hydrogen-bond acceptors (Lipinski definition) is 4. The molecular weight excluding hydrogens is 316 g/mol. The number of fused-ring (bicyclic) bond motifs is 1. The number of aromatic carboxylic acids is 1. The highest BCUT2D eigenvalue weighted by atomic mass is 16.5. The maximum Gasteiger partial charge on any atom is 0.339 e. The van der Waals surface area contributed by atoms with Gasteiger partial charge in [-0.15, -0.1) is 0 Å². The van der Waals surface area contributed by atoms with Gasteiger partial charge >= 0.3 is 5.97 Å². The molecule has 3 aromatic rings. The lowest BCUT2D eigenvalue weighted by atomic mass is 10.1. The van der Waals surface area contributed by atoms with Gasteiger partial charge in [-0.1, -0.05) is 24.3 Å². The number of methoxy groups -OCH3 is 1. The lowest BCUT2D eigenvalue weighted by Gasteiger charge is -2.18. The van der Waals surface area contributed by atoms with Gasteiger partial charge in [0.25, 0.3) is 0 Å². The summed E-state index contributed by atoms with van der Waals surface area (Å²) in [7, 11) is 3.49. The number of nitrogens with zero attached hydrogens (tertiary/aromatic N) is 2. The second kappa shape index (κ2) is 7.32. The summed E-state index contributed by atoms with van der Waals surface area (Å²) in [5.74, 6) is -0.608. The van der Waals surface area contributed by atoms with E-state index in [0.717, 1.165) is 17.5 Å². The third kappa shape index (κ3) is 3.78. The van der Waals surface area contributed by atoms with E-state index in [1.54, 1.807) is 18.3 Å². The molecule has 0 fully saturated rings. The van der Waals surface area contributed by atoms with Gasteiger partial charge in [-0.3, -0.25) is 9.88 Å². The molecule has 3 rings (SSSR count). The van der Waals surface area contributed by atoms with E-state index in [9.17, 15) is 9.90 Å². The zero-order chi connectivity index (χ0) is 17.8. The average Bonchev–Trinajstić information content (AvgIpc) is 2.62. The Hall–Kier alpha value is -2.92. The molecule has 0 bridgehead atoms. The summed E-state index contributed by atoms with van der Waals surface area (Å²) in [6, 6.07) is 13.5. The van der Waals surface area contributed by atoms with Crippen molar-refractivity contribution in [3.8, 4) is 5.75 Å². The molecule has 0 amide bonds. The van der Waals surface area contributed by atoms with Gasteiger partial charge in [0.05, 0.1) is 7.11 Å². The number of pyridine rings is 1. The first kappa shape index (κ1) is 16.9. The molecule has 1 N–H and O–H groups in total. The zero-order valence-electron chi connectivity index (χ0n) is 14.3. The summed E-state index contributed by atoms with van der Waals surface area (Å²) in [5.41, 5.74) is 2.33. The molecule has 0 unspecified atom stereocenters. The maximum absolute atomic E-state index is 11.4. The predicted octanol–water partition coefficient (Wildman–Crippen LogP) is 3.57. The maximum atomic E-state index is 11.4. The van der Waals surface area contributed by atoms with E-state index < -0.39 is 5.97 Å². The van der Waals surface area contributed by atoms with Gasteiger partial charge in [0.1, 0.15) is 11.3 Å². The van der Waals surface area contributed by atoms with Crippen molar-refractivity contribution in [3.05, 3.63) is 71.5 Å². The zero-order valence-corrected chi connectivity index (χ0v) is 14.3. The molecule has 25 heavy (non-hydrogen) atoms. The number of ether oxygens (including phenoxy) is 1. The minimum atomic E-state index is -0.983. The van der Waals surface area contributed by atoms with Crippen molar-refractivity contribution in [3.63, 3.8) is 0 Å². The molecule has 1 heterocycles. The smallest absolute Gasteiger partial charge is 0.339 e. The van der Waals surface area contributed by atoms with Crippen LogP contribution in [0, 0.1) is 0 Å². The molecule has 128 valence electrons. The van der Waals surface area contributed by atoms with E-state index >= 15 is 0 Å². The Morgan fingerprint density at radius 3 is 2.80 bits per heavy atom. The molecule has 0 radical (unpaired) electrons. The van der Waals surface area contributed by atoms with Crippen LogP contribution in [0.2, 0.25) is 0 Å². The predicted molar refractivity (Wildman–Crippen MR) is 96.9 cm³/mol. The molecule has 2 aromatic carbocycles. The first-order valence-corrected chi connectivity index (χ1v) is 7.99. The minimum absolute atomic E-state index is 0.185. The monoisotopic (exact) mass is 336 g/mol. The molecule has 0 saturated heterocycles. The molecule has 0 aliphatic heterocycles. The number of aromatic nitrogens is 1.